The van der Waals surface area contributed by atoms with Gasteiger partial charge in [0.2, 0.25) is 0 Å². The van der Waals surface area contributed by atoms with Crippen LogP contribution in [0.3, 0.4) is 0 Å². The van der Waals surface area contributed by atoms with Gasteiger partial charge in [0.1, 0.15) is 11.6 Å². The maximum absolute atomic E-state index is 12.6. The van der Waals surface area contributed by atoms with Gasteiger partial charge in [-0.25, -0.2) is 4.98 Å². The molecular weight excluding hydrogens is 457 g/mol. The van der Waals surface area contributed by atoms with Gasteiger partial charge in [-0.05, 0) is 47.5 Å². The summed E-state index contributed by atoms with van der Waals surface area (Å²) >= 11 is 13.5. The molecule has 0 saturated carbocycles. The Morgan fingerprint density at radius 1 is 1.19 bits per heavy atom. The number of rotatable bonds is 7. The maximum Gasteiger partial charge on any atom is 0.268 e. The van der Waals surface area contributed by atoms with Crippen molar-refractivity contribution in [1.29, 1.82) is 5.26 Å². The van der Waals surface area contributed by atoms with E-state index in [1.165, 1.54) is 31.6 Å². The fraction of sp³-hybridized carbons (Fsp3) is 0.136. The minimum atomic E-state index is -0.557. The molecule has 0 saturated heterocycles. The van der Waals surface area contributed by atoms with Crippen molar-refractivity contribution in [2.75, 3.05) is 19.5 Å². The third-order valence-corrected chi connectivity index (χ3v) is 5.75. The Balaban J connectivity index is 1.74. The van der Waals surface area contributed by atoms with E-state index in [1.54, 1.807) is 42.6 Å². The normalized spacial score (nSPS) is 11.0. The zero-order valence-electron chi connectivity index (χ0n) is 16.6. The average molecular weight is 474 g/mol. The number of ether oxygens (including phenoxy) is 2. The summed E-state index contributed by atoms with van der Waals surface area (Å²) in [5, 5.41) is 13.7. The molecule has 3 rings (SSSR count). The Bertz CT molecular complexity index is 1180. The molecule has 0 radical (unpaired) electrons. The van der Waals surface area contributed by atoms with Crippen LogP contribution in [0.1, 0.15) is 16.0 Å². The summed E-state index contributed by atoms with van der Waals surface area (Å²) in [5.41, 5.74) is 1.42. The number of halogens is 2. The van der Waals surface area contributed by atoms with Crippen molar-refractivity contribution in [2.45, 2.75) is 6.42 Å². The Kier molecular flexibility index (Phi) is 7.53. The lowest BCUT2D eigenvalue weighted by Crippen LogP contribution is -2.13. The standard InChI is InChI=1S/C22H17Cl2N3O3S/c1-29-19-6-3-13(8-20(19)30-2)7-15(11-25)21(28)27-22-26-12-17(31-22)10-14-9-16(23)4-5-18(14)24/h3-9,12H,10H2,1-2H3,(H,26,27,28). The first kappa shape index (κ1) is 22.6. The van der Waals surface area contributed by atoms with Crippen molar-refractivity contribution < 1.29 is 14.3 Å². The second kappa shape index (κ2) is 10.3. The van der Waals surface area contributed by atoms with Gasteiger partial charge in [0.25, 0.3) is 5.91 Å². The Labute approximate surface area is 193 Å². The van der Waals surface area contributed by atoms with Gasteiger partial charge in [-0.1, -0.05) is 29.3 Å². The topological polar surface area (TPSA) is 84.2 Å². The van der Waals surface area contributed by atoms with E-state index in [0.717, 1.165) is 10.4 Å². The molecule has 0 aliphatic carbocycles. The fourth-order valence-corrected chi connectivity index (χ4v) is 3.95. The molecule has 0 spiro atoms. The van der Waals surface area contributed by atoms with E-state index in [1.807, 2.05) is 6.07 Å². The third-order valence-electron chi connectivity index (χ3n) is 4.23. The number of benzene rings is 2. The lowest BCUT2D eigenvalue weighted by Gasteiger charge is -2.08. The number of hydrogen-bond acceptors (Lipinski definition) is 6. The van der Waals surface area contributed by atoms with Crippen molar-refractivity contribution in [2.24, 2.45) is 0 Å². The molecule has 2 aromatic carbocycles. The molecule has 0 fully saturated rings. The Morgan fingerprint density at radius 2 is 1.97 bits per heavy atom. The van der Waals surface area contributed by atoms with Crippen LogP contribution in [0.15, 0.2) is 48.2 Å². The molecule has 0 aliphatic heterocycles. The number of carbonyl (C=O) groups is 1. The smallest absolute Gasteiger partial charge is 0.268 e. The number of aromatic nitrogens is 1. The van der Waals surface area contributed by atoms with Gasteiger partial charge in [0, 0.05) is 27.5 Å². The van der Waals surface area contributed by atoms with Gasteiger partial charge >= 0.3 is 0 Å². The molecule has 3 aromatic rings. The summed E-state index contributed by atoms with van der Waals surface area (Å²) in [4.78, 5) is 17.7. The van der Waals surface area contributed by atoms with Crippen LogP contribution in [-0.4, -0.2) is 25.1 Å². The second-order valence-corrected chi connectivity index (χ2v) is 8.24. The highest BCUT2D eigenvalue weighted by Gasteiger charge is 2.14. The van der Waals surface area contributed by atoms with Crippen LogP contribution in [0, 0.1) is 11.3 Å². The quantitative estimate of drug-likeness (QED) is 0.356. The number of carbonyl (C=O) groups excluding carboxylic acids is 1. The van der Waals surface area contributed by atoms with Crippen molar-refractivity contribution >= 4 is 51.7 Å². The number of nitriles is 1. The molecule has 0 atom stereocenters. The number of methoxy groups -OCH3 is 2. The van der Waals surface area contributed by atoms with E-state index in [9.17, 15) is 10.1 Å². The second-order valence-electron chi connectivity index (χ2n) is 6.28. The molecular formula is C22H17Cl2N3O3S. The molecule has 1 amide bonds. The first-order valence-electron chi connectivity index (χ1n) is 8.97. The third kappa shape index (κ3) is 5.76. The molecule has 0 bridgehead atoms. The van der Waals surface area contributed by atoms with E-state index in [-0.39, 0.29) is 5.57 Å². The predicted molar refractivity (Wildman–Crippen MR) is 123 cm³/mol. The minimum absolute atomic E-state index is 0.0677. The number of nitrogens with zero attached hydrogens (tertiary/aromatic N) is 2. The van der Waals surface area contributed by atoms with E-state index >= 15 is 0 Å². The van der Waals surface area contributed by atoms with Crippen LogP contribution in [0.5, 0.6) is 11.5 Å². The summed E-state index contributed by atoms with van der Waals surface area (Å²) in [6, 6.07) is 12.3. The number of anilines is 1. The zero-order valence-corrected chi connectivity index (χ0v) is 18.9. The minimum Gasteiger partial charge on any atom is -0.493 e. The molecule has 0 aliphatic rings. The number of nitrogens with one attached hydrogen (secondary N) is 1. The highest BCUT2D eigenvalue weighted by Crippen LogP contribution is 2.29. The van der Waals surface area contributed by atoms with Crippen LogP contribution in [0.2, 0.25) is 10.0 Å². The zero-order chi connectivity index (χ0) is 22.4. The Morgan fingerprint density at radius 3 is 2.68 bits per heavy atom. The number of hydrogen-bond donors (Lipinski definition) is 1. The van der Waals surface area contributed by atoms with Crippen molar-refractivity contribution in [3.8, 4) is 17.6 Å². The van der Waals surface area contributed by atoms with Gasteiger partial charge in [-0.2, -0.15) is 5.26 Å². The molecule has 1 heterocycles. The highest BCUT2D eigenvalue weighted by molar-refractivity contribution is 7.15. The van der Waals surface area contributed by atoms with Crippen molar-refractivity contribution in [3.05, 3.63) is 74.2 Å². The van der Waals surface area contributed by atoms with Gasteiger partial charge < -0.3 is 9.47 Å². The van der Waals surface area contributed by atoms with Crippen LogP contribution < -0.4 is 14.8 Å². The van der Waals surface area contributed by atoms with Crippen LogP contribution in [0.4, 0.5) is 5.13 Å². The van der Waals surface area contributed by atoms with Gasteiger partial charge in [0.15, 0.2) is 16.6 Å². The first-order valence-corrected chi connectivity index (χ1v) is 10.5. The van der Waals surface area contributed by atoms with E-state index in [2.05, 4.69) is 10.3 Å². The largest absolute Gasteiger partial charge is 0.493 e. The first-order chi connectivity index (χ1) is 14.9. The highest BCUT2D eigenvalue weighted by atomic mass is 35.5. The molecule has 31 heavy (non-hydrogen) atoms. The number of thiazole rings is 1. The lowest BCUT2D eigenvalue weighted by atomic mass is 10.1. The molecule has 1 aromatic heterocycles. The molecule has 6 nitrogen and oxygen atoms in total. The summed E-state index contributed by atoms with van der Waals surface area (Å²) in [6.45, 7) is 0. The van der Waals surface area contributed by atoms with Gasteiger partial charge in [0.05, 0.1) is 14.2 Å². The summed E-state index contributed by atoms with van der Waals surface area (Å²) in [5.74, 6) is 0.495. The van der Waals surface area contributed by atoms with Crippen molar-refractivity contribution in [1.82, 2.24) is 4.98 Å². The van der Waals surface area contributed by atoms with Crippen molar-refractivity contribution in [3.63, 3.8) is 0 Å². The summed E-state index contributed by atoms with van der Waals surface area (Å²) < 4.78 is 10.4. The molecule has 9 heteroatoms. The fourth-order valence-electron chi connectivity index (χ4n) is 2.74. The van der Waals surface area contributed by atoms with E-state index < -0.39 is 5.91 Å². The average Bonchev–Trinajstić information content (AvgIpc) is 3.20. The Hall–Kier alpha value is -3.05. The SMILES string of the molecule is COc1ccc(C=C(C#N)C(=O)Nc2ncc(Cc3cc(Cl)ccc3Cl)s2)cc1OC. The predicted octanol–water partition coefficient (Wildman–Crippen LogP) is 5.60. The molecule has 0 unspecified atom stereocenters. The summed E-state index contributed by atoms with van der Waals surface area (Å²) in [6.07, 6.45) is 3.65. The summed E-state index contributed by atoms with van der Waals surface area (Å²) in [7, 11) is 3.05. The lowest BCUT2D eigenvalue weighted by molar-refractivity contribution is -0.112. The van der Waals surface area contributed by atoms with Gasteiger partial charge in [-0.3, -0.25) is 10.1 Å². The number of amides is 1. The van der Waals surface area contributed by atoms with Crippen LogP contribution in [-0.2, 0) is 11.2 Å². The van der Waals surface area contributed by atoms with Crippen LogP contribution in [0.25, 0.3) is 6.08 Å². The monoisotopic (exact) mass is 473 g/mol. The van der Waals surface area contributed by atoms with E-state index in [0.29, 0.717) is 38.7 Å². The van der Waals surface area contributed by atoms with Crippen LogP contribution >= 0.6 is 34.5 Å². The van der Waals surface area contributed by atoms with Gasteiger partial charge in [-0.15, -0.1) is 11.3 Å². The maximum atomic E-state index is 12.6. The van der Waals surface area contributed by atoms with E-state index in [4.69, 9.17) is 32.7 Å². The molecule has 158 valence electrons. The molecule has 1 N–H and O–H groups in total.